The highest BCUT2D eigenvalue weighted by Crippen LogP contribution is 2.34. The Morgan fingerprint density at radius 2 is 2.33 bits per heavy atom. The number of aldehydes is 1. The van der Waals surface area contributed by atoms with Gasteiger partial charge in [0.2, 0.25) is 0 Å². The van der Waals surface area contributed by atoms with Gasteiger partial charge in [-0.2, -0.15) is 0 Å². The SMILES string of the molecule is O=CC1CSc2ccccc2O1. The van der Waals surface area contributed by atoms with Gasteiger partial charge >= 0.3 is 0 Å². The van der Waals surface area contributed by atoms with Crippen LogP contribution in [0.2, 0.25) is 0 Å². The molecule has 12 heavy (non-hydrogen) atoms. The number of benzene rings is 1. The predicted octanol–water partition coefficient (Wildman–Crippen LogP) is 1.74. The van der Waals surface area contributed by atoms with Gasteiger partial charge in [-0.1, -0.05) is 12.1 Å². The van der Waals surface area contributed by atoms with Crippen LogP contribution in [-0.4, -0.2) is 18.1 Å². The van der Waals surface area contributed by atoms with Crippen LogP contribution in [-0.2, 0) is 4.79 Å². The molecule has 1 aromatic rings. The van der Waals surface area contributed by atoms with E-state index in [9.17, 15) is 4.79 Å². The summed E-state index contributed by atoms with van der Waals surface area (Å²) < 4.78 is 5.39. The summed E-state index contributed by atoms with van der Waals surface area (Å²) in [5, 5.41) is 0. The minimum atomic E-state index is -0.273. The zero-order valence-corrected chi connectivity index (χ0v) is 7.21. The van der Waals surface area contributed by atoms with Crippen molar-refractivity contribution in [2.45, 2.75) is 11.0 Å². The van der Waals surface area contributed by atoms with E-state index < -0.39 is 0 Å². The maximum absolute atomic E-state index is 10.4. The van der Waals surface area contributed by atoms with Crippen LogP contribution in [0.4, 0.5) is 0 Å². The van der Waals surface area contributed by atoms with Gasteiger partial charge in [0.05, 0.1) is 0 Å². The van der Waals surface area contributed by atoms with Crippen molar-refractivity contribution in [3.63, 3.8) is 0 Å². The topological polar surface area (TPSA) is 26.3 Å². The van der Waals surface area contributed by atoms with Gasteiger partial charge in [-0.25, -0.2) is 0 Å². The van der Waals surface area contributed by atoms with E-state index in [4.69, 9.17) is 4.74 Å². The Balaban J connectivity index is 2.28. The Morgan fingerprint density at radius 1 is 1.50 bits per heavy atom. The Bertz CT molecular complexity index is 298. The largest absolute Gasteiger partial charge is 0.481 e. The molecule has 1 unspecified atom stereocenters. The highest BCUT2D eigenvalue weighted by Gasteiger charge is 2.18. The van der Waals surface area contributed by atoms with Crippen molar-refractivity contribution in [3.8, 4) is 5.75 Å². The normalized spacial score (nSPS) is 20.8. The van der Waals surface area contributed by atoms with Crippen molar-refractivity contribution in [3.05, 3.63) is 24.3 Å². The van der Waals surface area contributed by atoms with E-state index in [0.29, 0.717) is 0 Å². The number of carbonyl (C=O) groups is 1. The fourth-order valence-corrected chi connectivity index (χ4v) is 2.03. The second kappa shape index (κ2) is 3.19. The first-order valence-corrected chi connectivity index (χ1v) is 4.72. The molecule has 0 bridgehead atoms. The van der Waals surface area contributed by atoms with Gasteiger partial charge in [0.1, 0.15) is 5.75 Å². The monoisotopic (exact) mass is 180 g/mol. The lowest BCUT2D eigenvalue weighted by Crippen LogP contribution is -2.24. The van der Waals surface area contributed by atoms with E-state index in [1.54, 1.807) is 11.8 Å². The van der Waals surface area contributed by atoms with Crippen molar-refractivity contribution < 1.29 is 9.53 Å². The van der Waals surface area contributed by atoms with Crippen molar-refractivity contribution >= 4 is 18.0 Å². The molecule has 0 N–H and O–H groups in total. The van der Waals surface area contributed by atoms with E-state index in [2.05, 4.69) is 0 Å². The van der Waals surface area contributed by atoms with Crippen LogP contribution in [0.5, 0.6) is 5.75 Å². The first-order valence-electron chi connectivity index (χ1n) is 3.74. The van der Waals surface area contributed by atoms with Gasteiger partial charge in [-0.05, 0) is 12.1 Å². The molecule has 1 heterocycles. The molecule has 3 heteroatoms. The lowest BCUT2D eigenvalue weighted by atomic mass is 10.3. The Kier molecular flexibility index (Phi) is 2.04. The van der Waals surface area contributed by atoms with Crippen molar-refractivity contribution in [2.75, 3.05) is 5.75 Å². The molecule has 1 atom stereocenters. The van der Waals surface area contributed by atoms with E-state index >= 15 is 0 Å². The fraction of sp³-hybridized carbons (Fsp3) is 0.222. The molecule has 0 fully saturated rings. The van der Waals surface area contributed by atoms with E-state index in [0.717, 1.165) is 22.7 Å². The molecule has 1 aliphatic heterocycles. The Labute approximate surface area is 74.9 Å². The van der Waals surface area contributed by atoms with E-state index in [-0.39, 0.29) is 6.10 Å². The lowest BCUT2D eigenvalue weighted by Gasteiger charge is -2.20. The number of hydrogen-bond acceptors (Lipinski definition) is 3. The molecule has 1 aliphatic rings. The van der Waals surface area contributed by atoms with Crippen LogP contribution in [0, 0.1) is 0 Å². The molecule has 0 aromatic heterocycles. The second-order valence-electron chi connectivity index (χ2n) is 2.55. The second-order valence-corrected chi connectivity index (χ2v) is 3.61. The summed E-state index contributed by atoms with van der Waals surface area (Å²) in [4.78, 5) is 11.6. The minimum Gasteiger partial charge on any atom is -0.481 e. The molecule has 2 nitrogen and oxygen atoms in total. The summed E-state index contributed by atoms with van der Waals surface area (Å²) in [5.74, 6) is 1.55. The van der Waals surface area contributed by atoms with Crippen LogP contribution in [0.3, 0.4) is 0 Å². The van der Waals surface area contributed by atoms with Gasteiger partial charge in [0.15, 0.2) is 12.4 Å². The molecule has 2 rings (SSSR count). The average Bonchev–Trinajstić information content (AvgIpc) is 2.17. The smallest absolute Gasteiger partial charge is 0.163 e. The Morgan fingerprint density at radius 3 is 3.17 bits per heavy atom. The van der Waals surface area contributed by atoms with Crippen LogP contribution in [0.25, 0.3) is 0 Å². The molecular formula is C9H8O2S. The summed E-state index contributed by atoms with van der Waals surface area (Å²) in [5.41, 5.74) is 0. The number of carbonyl (C=O) groups excluding carboxylic acids is 1. The van der Waals surface area contributed by atoms with E-state index in [1.165, 1.54) is 0 Å². The quantitative estimate of drug-likeness (QED) is 0.616. The number of ether oxygens (including phenoxy) is 1. The van der Waals surface area contributed by atoms with Crippen molar-refractivity contribution in [2.24, 2.45) is 0 Å². The molecule has 1 aromatic carbocycles. The summed E-state index contributed by atoms with van der Waals surface area (Å²) in [6.45, 7) is 0. The maximum Gasteiger partial charge on any atom is 0.163 e. The first kappa shape index (κ1) is 7.68. The summed E-state index contributed by atoms with van der Waals surface area (Å²) in [6.07, 6.45) is 0.577. The molecule has 62 valence electrons. The zero-order chi connectivity index (χ0) is 8.39. The van der Waals surface area contributed by atoms with Gasteiger partial charge in [0.25, 0.3) is 0 Å². The van der Waals surface area contributed by atoms with Gasteiger partial charge in [-0.15, -0.1) is 11.8 Å². The molecule has 0 spiro atoms. The number of thioether (sulfide) groups is 1. The van der Waals surface area contributed by atoms with Gasteiger partial charge < -0.3 is 4.74 Å². The predicted molar refractivity (Wildman–Crippen MR) is 47.6 cm³/mol. The number of para-hydroxylation sites is 1. The maximum atomic E-state index is 10.4. The summed E-state index contributed by atoms with van der Waals surface area (Å²) in [7, 11) is 0. The first-order chi connectivity index (χ1) is 5.90. The molecule has 0 saturated heterocycles. The van der Waals surface area contributed by atoms with Crippen molar-refractivity contribution in [1.82, 2.24) is 0 Å². The van der Waals surface area contributed by atoms with Crippen LogP contribution in [0.15, 0.2) is 29.2 Å². The Hall–Kier alpha value is -0.960. The van der Waals surface area contributed by atoms with Crippen LogP contribution < -0.4 is 4.74 Å². The van der Waals surface area contributed by atoms with Crippen LogP contribution in [0.1, 0.15) is 0 Å². The van der Waals surface area contributed by atoms with Crippen LogP contribution >= 0.6 is 11.8 Å². The van der Waals surface area contributed by atoms with Gasteiger partial charge in [-0.3, -0.25) is 4.79 Å². The third kappa shape index (κ3) is 1.32. The van der Waals surface area contributed by atoms with Crippen molar-refractivity contribution in [1.29, 1.82) is 0 Å². The number of rotatable bonds is 1. The number of fused-ring (bicyclic) bond motifs is 1. The molecule has 0 radical (unpaired) electrons. The molecule has 0 saturated carbocycles. The lowest BCUT2D eigenvalue weighted by molar-refractivity contribution is -0.113. The zero-order valence-electron chi connectivity index (χ0n) is 6.40. The highest BCUT2D eigenvalue weighted by atomic mass is 32.2. The minimum absolute atomic E-state index is 0.273. The molecule has 0 aliphatic carbocycles. The third-order valence-corrected chi connectivity index (χ3v) is 2.83. The number of hydrogen-bond donors (Lipinski definition) is 0. The van der Waals surface area contributed by atoms with E-state index in [1.807, 2.05) is 24.3 Å². The molecule has 0 amide bonds. The summed E-state index contributed by atoms with van der Waals surface area (Å²) >= 11 is 1.67. The molecular weight excluding hydrogens is 172 g/mol. The highest BCUT2D eigenvalue weighted by molar-refractivity contribution is 7.99. The fourth-order valence-electron chi connectivity index (χ4n) is 1.10. The third-order valence-electron chi connectivity index (χ3n) is 1.68. The van der Waals surface area contributed by atoms with Gasteiger partial charge in [0, 0.05) is 10.6 Å². The standard InChI is InChI=1S/C9H8O2S/c10-5-7-6-12-9-4-2-1-3-8(9)11-7/h1-5,7H,6H2. The summed E-state index contributed by atoms with van der Waals surface area (Å²) in [6, 6.07) is 7.77. The average molecular weight is 180 g/mol.